The van der Waals surface area contributed by atoms with Crippen LogP contribution in [0, 0.1) is 72.5 Å². The van der Waals surface area contributed by atoms with E-state index in [0.717, 1.165) is 0 Å². The molecule has 0 aliphatic carbocycles. The van der Waals surface area contributed by atoms with Gasteiger partial charge in [-0.1, -0.05) is 26.0 Å². The molecule has 4 aromatic rings. The minimum absolute atomic E-state index is 0. The van der Waals surface area contributed by atoms with Gasteiger partial charge in [0, 0.05) is 46.5 Å². The van der Waals surface area contributed by atoms with Crippen LogP contribution in [0.5, 0.6) is 0 Å². The van der Waals surface area contributed by atoms with Gasteiger partial charge in [0.1, 0.15) is 0 Å². The Morgan fingerprint density at radius 2 is 0.697 bits per heavy atom. The summed E-state index contributed by atoms with van der Waals surface area (Å²) in [5, 5.41) is 0. The number of aryl methyl sites for hydroxylation is 2. The minimum atomic E-state index is -1.51. The monoisotopic (exact) mass is 504 g/mol. The standard InChI is InChI=1S/2C6HF4.2C6H7.Ti/c2*7-3-1-4(8)6(10)2-5(3)9;2*1-6-4-2-3-5-6;/h2*1H;2*2-5H,1H3;/q4*-1;+4. The first-order valence-corrected chi connectivity index (χ1v) is 8.82. The molecule has 172 valence electrons. The van der Waals surface area contributed by atoms with E-state index >= 15 is 0 Å². The summed E-state index contributed by atoms with van der Waals surface area (Å²) in [4.78, 5) is 0. The van der Waals surface area contributed by atoms with Gasteiger partial charge in [-0.15, -0.1) is 12.1 Å². The Morgan fingerprint density at radius 3 is 0.818 bits per heavy atom. The maximum absolute atomic E-state index is 11.9. The van der Waals surface area contributed by atoms with Crippen LogP contribution in [0.25, 0.3) is 0 Å². The van der Waals surface area contributed by atoms with Gasteiger partial charge in [-0.25, -0.2) is 41.8 Å². The maximum Gasteiger partial charge on any atom is 4.00 e. The molecule has 0 heterocycles. The fourth-order valence-electron chi connectivity index (χ4n) is 1.85. The first-order valence-electron chi connectivity index (χ1n) is 8.82. The van der Waals surface area contributed by atoms with Crippen LogP contribution in [0.15, 0.2) is 60.7 Å². The summed E-state index contributed by atoms with van der Waals surface area (Å²) < 4.78 is 95.5. The first-order chi connectivity index (χ1) is 15.0. The van der Waals surface area contributed by atoms with E-state index in [1.54, 1.807) is 0 Å². The molecule has 9 heteroatoms. The number of rotatable bonds is 0. The van der Waals surface area contributed by atoms with Gasteiger partial charge in [-0.2, -0.15) is 35.4 Å². The Bertz CT molecular complexity index is 886. The van der Waals surface area contributed by atoms with Crippen molar-refractivity contribution < 1.29 is 56.8 Å². The minimum Gasteiger partial charge on any atom is -0.281 e. The third kappa shape index (κ3) is 11.6. The van der Waals surface area contributed by atoms with E-state index in [1.165, 1.54) is 23.3 Å². The van der Waals surface area contributed by atoms with Crippen molar-refractivity contribution in [2.24, 2.45) is 0 Å². The summed E-state index contributed by atoms with van der Waals surface area (Å²) >= 11 is 0. The van der Waals surface area contributed by atoms with Gasteiger partial charge in [-0.05, 0) is 0 Å². The molecule has 4 rings (SSSR count). The summed E-state index contributed by atoms with van der Waals surface area (Å²) in [5.41, 5.74) is 2.69. The van der Waals surface area contributed by atoms with Crippen LogP contribution in [0.3, 0.4) is 0 Å². The molecule has 0 saturated carbocycles. The van der Waals surface area contributed by atoms with Crippen molar-refractivity contribution in [1.29, 1.82) is 0 Å². The third-order valence-electron chi connectivity index (χ3n) is 3.44. The van der Waals surface area contributed by atoms with E-state index in [1.807, 2.05) is 24.3 Å². The van der Waals surface area contributed by atoms with Crippen LogP contribution < -0.4 is 0 Å². The van der Waals surface area contributed by atoms with Gasteiger partial charge < -0.3 is 0 Å². The van der Waals surface area contributed by atoms with Crippen molar-refractivity contribution in [1.82, 2.24) is 0 Å². The zero-order chi connectivity index (χ0) is 24.3. The molecule has 0 atom stereocenters. The van der Waals surface area contributed by atoms with Crippen LogP contribution in [-0.4, -0.2) is 0 Å². The summed E-state index contributed by atoms with van der Waals surface area (Å²) in [6, 6.07) is 19.2. The fourth-order valence-corrected chi connectivity index (χ4v) is 1.85. The molecule has 0 radical (unpaired) electrons. The number of hydrogen-bond acceptors (Lipinski definition) is 0. The second kappa shape index (κ2) is 15.2. The van der Waals surface area contributed by atoms with Gasteiger partial charge in [0.25, 0.3) is 0 Å². The van der Waals surface area contributed by atoms with Crippen LogP contribution in [0.1, 0.15) is 11.1 Å². The Morgan fingerprint density at radius 1 is 0.485 bits per heavy atom. The zero-order valence-corrected chi connectivity index (χ0v) is 18.9. The Hall–Kier alpha value is -2.71. The summed E-state index contributed by atoms with van der Waals surface area (Å²) in [6.45, 7) is 4.17. The summed E-state index contributed by atoms with van der Waals surface area (Å²) in [7, 11) is 0. The van der Waals surface area contributed by atoms with Crippen molar-refractivity contribution >= 4 is 0 Å². The van der Waals surface area contributed by atoms with Crippen molar-refractivity contribution in [2.45, 2.75) is 13.8 Å². The second-order valence-corrected chi connectivity index (χ2v) is 6.11. The van der Waals surface area contributed by atoms with E-state index in [9.17, 15) is 35.1 Å². The predicted molar refractivity (Wildman–Crippen MR) is 104 cm³/mol. The van der Waals surface area contributed by atoms with Gasteiger partial charge in [0.15, 0.2) is 0 Å². The van der Waals surface area contributed by atoms with E-state index in [0.29, 0.717) is 0 Å². The number of benzene rings is 2. The van der Waals surface area contributed by atoms with Gasteiger partial charge in [-0.3, -0.25) is 17.6 Å². The van der Waals surface area contributed by atoms with Crippen molar-refractivity contribution in [3.63, 3.8) is 0 Å². The molecule has 0 N–H and O–H groups in total. The molecule has 0 saturated heterocycles. The van der Waals surface area contributed by atoms with Crippen LogP contribution in [-0.2, 0) is 21.7 Å². The average Bonchev–Trinajstić information content (AvgIpc) is 3.40. The van der Waals surface area contributed by atoms with E-state index < -0.39 is 46.5 Å². The average molecular weight is 504 g/mol. The third-order valence-corrected chi connectivity index (χ3v) is 3.44. The molecule has 0 aliphatic heterocycles. The molecule has 4 aromatic carbocycles. The van der Waals surface area contributed by atoms with Crippen molar-refractivity contribution in [3.8, 4) is 0 Å². The van der Waals surface area contributed by atoms with Crippen molar-refractivity contribution in [3.05, 3.63) is 130 Å². The second-order valence-electron chi connectivity index (χ2n) is 6.11. The smallest absolute Gasteiger partial charge is 0.281 e. The Kier molecular flexibility index (Phi) is 13.9. The van der Waals surface area contributed by atoms with Crippen LogP contribution >= 0.6 is 0 Å². The fraction of sp³-hybridized carbons (Fsp3) is 0.0833. The molecule has 33 heavy (non-hydrogen) atoms. The molecule has 0 unspecified atom stereocenters. The molecule has 0 amide bonds. The molecule has 0 aromatic heterocycles. The van der Waals surface area contributed by atoms with Crippen LogP contribution in [0.2, 0.25) is 0 Å². The maximum atomic E-state index is 11.9. The molecule has 0 bridgehead atoms. The Labute approximate surface area is 201 Å². The number of halogens is 8. The van der Waals surface area contributed by atoms with Gasteiger partial charge >= 0.3 is 21.7 Å². The summed E-state index contributed by atoms with van der Waals surface area (Å²) in [6.07, 6.45) is 0. The van der Waals surface area contributed by atoms with Crippen molar-refractivity contribution in [2.75, 3.05) is 0 Å². The number of hydrogen-bond donors (Lipinski definition) is 0. The normalized spacial score (nSPS) is 9.27. The zero-order valence-electron chi connectivity index (χ0n) is 17.3. The molecule has 0 spiro atoms. The van der Waals surface area contributed by atoms with Crippen LogP contribution in [0.4, 0.5) is 35.1 Å². The predicted octanol–water partition coefficient (Wildman–Crippen LogP) is 7.51. The molecule has 0 fully saturated rings. The molecule has 0 nitrogen and oxygen atoms in total. The Balaban J connectivity index is 0.000000420. The topological polar surface area (TPSA) is 0 Å². The van der Waals surface area contributed by atoms with E-state index in [2.05, 4.69) is 38.1 Å². The molecular weight excluding hydrogens is 488 g/mol. The van der Waals surface area contributed by atoms with E-state index in [4.69, 9.17) is 0 Å². The van der Waals surface area contributed by atoms with E-state index in [-0.39, 0.29) is 33.9 Å². The van der Waals surface area contributed by atoms with Gasteiger partial charge in [0.05, 0.1) is 0 Å². The van der Waals surface area contributed by atoms with Gasteiger partial charge in [0.2, 0.25) is 0 Å². The molecular formula is C24H16F8Ti. The largest absolute Gasteiger partial charge is 4.00 e. The summed E-state index contributed by atoms with van der Waals surface area (Å²) in [5.74, 6) is -11.8. The quantitative estimate of drug-likeness (QED) is 0.101. The molecule has 0 aliphatic rings. The SMILES string of the molecule is C[c-]1cccc1.C[c-]1cccc1.Fc1[c-]c(F)c(F)cc1F.Fc1[c-]c(F)c(F)cc1F.[Ti+4]. The first kappa shape index (κ1) is 30.3.